The van der Waals surface area contributed by atoms with Gasteiger partial charge >= 0.3 is 0 Å². The molecule has 1 amide bonds. The van der Waals surface area contributed by atoms with Crippen molar-refractivity contribution >= 4 is 34.2 Å². The van der Waals surface area contributed by atoms with Gasteiger partial charge in [-0.25, -0.2) is 0 Å². The Hall–Kier alpha value is -0.660. The molecule has 0 aliphatic carbocycles. The molecule has 0 unspecified atom stereocenters. The Balaban J connectivity index is 2.94. The fraction of sp³-hybridized carbons (Fsp3) is 0.364. The largest absolute Gasteiger partial charge is 0.330 e. The van der Waals surface area contributed by atoms with Crippen LogP contribution in [0.5, 0.6) is 0 Å². The normalized spacial score (nSPS) is 10.2. The van der Waals surface area contributed by atoms with Gasteiger partial charge in [0.05, 0.1) is 0 Å². The SMILES string of the molecule is CN(C(=O)CCN)c1cc(I)cc(CN)c1. The summed E-state index contributed by atoms with van der Waals surface area (Å²) in [5.41, 5.74) is 12.8. The van der Waals surface area contributed by atoms with Crippen molar-refractivity contribution in [2.45, 2.75) is 13.0 Å². The molecule has 0 radical (unpaired) electrons. The van der Waals surface area contributed by atoms with Gasteiger partial charge in [-0.3, -0.25) is 4.79 Å². The number of hydrogen-bond donors (Lipinski definition) is 2. The van der Waals surface area contributed by atoms with Gasteiger partial charge in [0, 0.05) is 35.8 Å². The van der Waals surface area contributed by atoms with Crippen LogP contribution >= 0.6 is 22.6 Å². The summed E-state index contributed by atoms with van der Waals surface area (Å²) in [6.45, 7) is 0.847. The second-order valence-electron chi connectivity index (χ2n) is 3.51. The van der Waals surface area contributed by atoms with Crippen molar-refractivity contribution in [2.24, 2.45) is 11.5 Å². The number of halogens is 1. The molecule has 0 aromatic heterocycles. The highest BCUT2D eigenvalue weighted by molar-refractivity contribution is 14.1. The lowest BCUT2D eigenvalue weighted by molar-refractivity contribution is -0.118. The molecule has 0 aliphatic heterocycles. The fourth-order valence-corrected chi connectivity index (χ4v) is 2.10. The highest BCUT2D eigenvalue weighted by Gasteiger charge is 2.10. The Labute approximate surface area is 109 Å². The maximum Gasteiger partial charge on any atom is 0.227 e. The number of nitrogens with zero attached hydrogens (tertiary/aromatic N) is 1. The van der Waals surface area contributed by atoms with Crippen LogP contribution < -0.4 is 16.4 Å². The van der Waals surface area contributed by atoms with Gasteiger partial charge in [-0.15, -0.1) is 0 Å². The summed E-state index contributed by atoms with van der Waals surface area (Å²) in [6, 6.07) is 5.88. The zero-order valence-electron chi connectivity index (χ0n) is 9.24. The first kappa shape index (κ1) is 13.4. The number of nitrogens with two attached hydrogens (primary N) is 2. The second kappa shape index (κ2) is 6.17. The maximum atomic E-state index is 11.7. The number of hydrogen-bond acceptors (Lipinski definition) is 3. The van der Waals surface area contributed by atoms with Crippen LogP contribution in [0, 0.1) is 3.57 Å². The van der Waals surface area contributed by atoms with Crippen molar-refractivity contribution in [3.8, 4) is 0 Å². The first-order chi connectivity index (χ1) is 7.58. The van der Waals surface area contributed by atoms with Crippen LogP contribution in [0.2, 0.25) is 0 Å². The lowest BCUT2D eigenvalue weighted by Gasteiger charge is -2.18. The van der Waals surface area contributed by atoms with Crippen LogP contribution in [0.3, 0.4) is 0 Å². The summed E-state index contributed by atoms with van der Waals surface area (Å²) >= 11 is 2.21. The van der Waals surface area contributed by atoms with E-state index in [0.29, 0.717) is 19.5 Å². The van der Waals surface area contributed by atoms with Crippen molar-refractivity contribution in [3.05, 3.63) is 27.3 Å². The molecule has 0 heterocycles. The smallest absolute Gasteiger partial charge is 0.227 e. The highest BCUT2D eigenvalue weighted by Crippen LogP contribution is 2.20. The molecule has 88 valence electrons. The number of carbonyl (C=O) groups excluding carboxylic acids is 1. The summed E-state index contributed by atoms with van der Waals surface area (Å²) in [5.74, 6) is 0.0208. The van der Waals surface area contributed by atoms with E-state index in [1.165, 1.54) is 0 Å². The zero-order chi connectivity index (χ0) is 12.1. The predicted octanol–water partition coefficient (Wildman–Crippen LogP) is 1.06. The van der Waals surface area contributed by atoms with E-state index in [9.17, 15) is 4.79 Å². The van der Waals surface area contributed by atoms with Gasteiger partial charge in [0.15, 0.2) is 0 Å². The van der Waals surface area contributed by atoms with Crippen molar-refractivity contribution in [3.63, 3.8) is 0 Å². The minimum absolute atomic E-state index is 0.0208. The van der Waals surface area contributed by atoms with E-state index in [4.69, 9.17) is 11.5 Å². The molecule has 1 rings (SSSR count). The van der Waals surface area contributed by atoms with Crippen molar-refractivity contribution < 1.29 is 4.79 Å². The van der Waals surface area contributed by atoms with Crippen molar-refractivity contribution in [1.29, 1.82) is 0 Å². The molecule has 5 heteroatoms. The van der Waals surface area contributed by atoms with Crippen molar-refractivity contribution in [2.75, 3.05) is 18.5 Å². The molecule has 1 aromatic rings. The van der Waals surface area contributed by atoms with Gasteiger partial charge in [0.2, 0.25) is 5.91 Å². The van der Waals surface area contributed by atoms with Crippen LogP contribution in [0.15, 0.2) is 18.2 Å². The number of rotatable bonds is 4. The summed E-state index contributed by atoms with van der Waals surface area (Å²) < 4.78 is 1.07. The molecule has 0 saturated heterocycles. The standard InChI is InChI=1S/C11H16IN3O/c1-15(11(16)2-3-13)10-5-8(7-14)4-9(12)6-10/h4-6H,2-3,7,13-14H2,1H3. The lowest BCUT2D eigenvalue weighted by Crippen LogP contribution is -2.28. The molecule has 4 N–H and O–H groups in total. The van der Waals surface area contributed by atoms with E-state index in [1.807, 2.05) is 18.2 Å². The molecule has 0 saturated carbocycles. The first-order valence-corrected chi connectivity index (χ1v) is 6.12. The summed E-state index contributed by atoms with van der Waals surface area (Å²) in [7, 11) is 1.75. The lowest BCUT2D eigenvalue weighted by atomic mass is 10.2. The third-order valence-electron chi connectivity index (χ3n) is 2.30. The molecular formula is C11H16IN3O. The zero-order valence-corrected chi connectivity index (χ0v) is 11.4. The number of carbonyl (C=O) groups is 1. The topological polar surface area (TPSA) is 72.3 Å². The minimum Gasteiger partial charge on any atom is -0.330 e. The predicted molar refractivity (Wildman–Crippen MR) is 74.1 cm³/mol. The van der Waals surface area contributed by atoms with E-state index in [1.54, 1.807) is 11.9 Å². The molecular weight excluding hydrogens is 317 g/mol. The van der Waals surface area contributed by atoms with E-state index in [0.717, 1.165) is 14.8 Å². The molecule has 16 heavy (non-hydrogen) atoms. The molecule has 0 fully saturated rings. The molecule has 0 bridgehead atoms. The van der Waals surface area contributed by atoms with Gasteiger partial charge in [-0.05, 0) is 46.4 Å². The quantitative estimate of drug-likeness (QED) is 0.810. The third kappa shape index (κ3) is 3.43. The van der Waals surface area contributed by atoms with E-state index >= 15 is 0 Å². The van der Waals surface area contributed by atoms with Crippen LogP contribution in [0.1, 0.15) is 12.0 Å². The van der Waals surface area contributed by atoms with E-state index < -0.39 is 0 Å². The van der Waals surface area contributed by atoms with Crippen molar-refractivity contribution in [1.82, 2.24) is 0 Å². The third-order valence-corrected chi connectivity index (χ3v) is 2.92. The summed E-state index contributed by atoms with van der Waals surface area (Å²) in [4.78, 5) is 13.3. The van der Waals surface area contributed by atoms with Crippen LogP contribution in [0.25, 0.3) is 0 Å². The molecule has 0 aliphatic rings. The Kier molecular flexibility index (Phi) is 5.17. The van der Waals surface area contributed by atoms with Crippen LogP contribution in [0.4, 0.5) is 5.69 Å². The fourth-order valence-electron chi connectivity index (χ4n) is 1.38. The maximum absolute atomic E-state index is 11.7. The second-order valence-corrected chi connectivity index (χ2v) is 4.76. The van der Waals surface area contributed by atoms with Gasteiger partial charge in [0.25, 0.3) is 0 Å². The monoisotopic (exact) mass is 333 g/mol. The van der Waals surface area contributed by atoms with E-state index in [2.05, 4.69) is 22.6 Å². The molecule has 4 nitrogen and oxygen atoms in total. The Morgan fingerprint density at radius 1 is 1.38 bits per heavy atom. The summed E-state index contributed by atoms with van der Waals surface area (Å²) in [6.07, 6.45) is 0.361. The molecule has 1 aromatic carbocycles. The van der Waals surface area contributed by atoms with Gasteiger partial charge < -0.3 is 16.4 Å². The average Bonchev–Trinajstić information content (AvgIpc) is 2.27. The highest BCUT2D eigenvalue weighted by atomic mass is 127. The Morgan fingerprint density at radius 2 is 2.06 bits per heavy atom. The summed E-state index contributed by atoms with van der Waals surface area (Å²) in [5, 5.41) is 0. The number of anilines is 1. The molecule has 0 spiro atoms. The minimum atomic E-state index is 0.0208. The van der Waals surface area contributed by atoms with E-state index in [-0.39, 0.29) is 5.91 Å². The number of amides is 1. The number of benzene rings is 1. The first-order valence-electron chi connectivity index (χ1n) is 5.04. The molecule has 0 atom stereocenters. The van der Waals surface area contributed by atoms with Gasteiger partial charge in [0.1, 0.15) is 0 Å². The average molecular weight is 333 g/mol. The Bertz CT molecular complexity index is 381. The van der Waals surface area contributed by atoms with Crippen LogP contribution in [-0.4, -0.2) is 19.5 Å². The van der Waals surface area contributed by atoms with Crippen LogP contribution in [-0.2, 0) is 11.3 Å². The van der Waals surface area contributed by atoms with Gasteiger partial charge in [-0.2, -0.15) is 0 Å². The van der Waals surface area contributed by atoms with Gasteiger partial charge in [-0.1, -0.05) is 0 Å². The Morgan fingerprint density at radius 3 is 2.62 bits per heavy atom.